The Hall–Kier alpha value is -2.08. The molecule has 1 aromatic carbocycles. The number of carbonyl (C=O) groups is 2. The highest BCUT2D eigenvalue weighted by Gasteiger charge is 2.39. The van der Waals surface area contributed by atoms with E-state index >= 15 is 0 Å². The molecule has 1 aliphatic rings. The van der Waals surface area contributed by atoms with Crippen LogP contribution >= 0.6 is 0 Å². The van der Waals surface area contributed by atoms with Crippen LogP contribution in [0, 0.1) is 0 Å². The number of ether oxygens (including phenoxy) is 1. The molecule has 6 heteroatoms. The average molecular weight is 265 g/mol. The van der Waals surface area contributed by atoms with E-state index in [9.17, 15) is 19.8 Å². The molecular formula is C13H15NO5. The maximum absolute atomic E-state index is 11.5. The number of morpholine rings is 1. The molecule has 102 valence electrons. The molecule has 0 aromatic heterocycles. The van der Waals surface area contributed by atoms with Gasteiger partial charge in [-0.25, -0.2) is 4.79 Å². The molecule has 0 aliphatic carbocycles. The average Bonchev–Trinajstić information content (AvgIpc) is 2.36. The van der Waals surface area contributed by atoms with Crippen LogP contribution in [0.4, 0.5) is 0 Å². The largest absolute Gasteiger partial charge is 0.508 e. The normalized spacial score (nSPS) is 23.4. The lowest BCUT2D eigenvalue weighted by Crippen LogP contribution is -2.57. The van der Waals surface area contributed by atoms with Crippen LogP contribution in [-0.2, 0) is 20.7 Å². The van der Waals surface area contributed by atoms with Crippen molar-refractivity contribution < 1.29 is 24.5 Å². The quantitative estimate of drug-likeness (QED) is 0.817. The van der Waals surface area contributed by atoms with Crippen molar-refractivity contribution in [1.29, 1.82) is 0 Å². The van der Waals surface area contributed by atoms with E-state index < -0.39 is 18.1 Å². The summed E-state index contributed by atoms with van der Waals surface area (Å²) in [6.45, 7) is -0.140. The van der Waals surface area contributed by atoms with Crippen LogP contribution in [0.25, 0.3) is 0 Å². The number of likely N-dealkylation sites (N-methyl/N-ethyl adjacent to an activating group) is 1. The molecular weight excluding hydrogens is 250 g/mol. The number of para-hydroxylation sites is 1. The number of carbonyl (C=O) groups excluding carboxylic acids is 1. The van der Waals surface area contributed by atoms with Crippen molar-refractivity contribution in [2.75, 3.05) is 13.7 Å². The molecule has 1 heterocycles. The molecule has 2 rings (SSSR count). The highest BCUT2D eigenvalue weighted by Crippen LogP contribution is 2.23. The minimum Gasteiger partial charge on any atom is -0.508 e. The van der Waals surface area contributed by atoms with E-state index in [4.69, 9.17) is 4.74 Å². The molecule has 2 atom stereocenters. The first kappa shape index (κ1) is 13.4. The van der Waals surface area contributed by atoms with Crippen LogP contribution in [0.5, 0.6) is 5.75 Å². The first-order chi connectivity index (χ1) is 9.00. The Balaban J connectivity index is 2.21. The van der Waals surface area contributed by atoms with Crippen molar-refractivity contribution in [3.8, 4) is 5.75 Å². The van der Waals surface area contributed by atoms with Crippen molar-refractivity contribution in [3.05, 3.63) is 29.8 Å². The molecule has 2 N–H and O–H groups in total. The summed E-state index contributed by atoms with van der Waals surface area (Å²) in [4.78, 5) is 23.9. The van der Waals surface area contributed by atoms with E-state index in [0.717, 1.165) is 0 Å². The van der Waals surface area contributed by atoms with Gasteiger partial charge in [0.2, 0.25) is 5.91 Å². The summed E-state index contributed by atoms with van der Waals surface area (Å²) >= 11 is 0. The second kappa shape index (κ2) is 5.27. The molecule has 0 bridgehead atoms. The van der Waals surface area contributed by atoms with Crippen molar-refractivity contribution in [2.24, 2.45) is 0 Å². The minimum absolute atomic E-state index is 0.0924. The van der Waals surface area contributed by atoms with Crippen molar-refractivity contribution >= 4 is 11.9 Å². The lowest BCUT2D eigenvalue weighted by atomic mass is 9.99. The number of rotatable bonds is 3. The van der Waals surface area contributed by atoms with E-state index in [-0.39, 0.29) is 24.7 Å². The smallest absolute Gasteiger partial charge is 0.329 e. The summed E-state index contributed by atoms with van der Waals surface area (Å²) in [5, 5.41) is 18.9. The van der Waals surface area contributed by atoms with Gasteiger partial charge in [-0.1, -0.05) is 18.2 Å². The Kier molecular flexibility index (Phi) is 3.71. The number of hydrogen-bond acceptors (Lipinski definition) is 4. The fourth-order valence-electron chi connectivity index (χ4n) is 2.17. The zero-order chi connectivity index (χ0) is 14.0. The van der Waals surface area contributed by atoms with Crippen LogP contribution in [0.2, 0.25) is 0 Å². The predicted octanol–water partition coefficient (Wildman–Crippen LogP) is 0.245. The Morgan fingerprint density at radius 3 is 2.79 bits per heavy atom. The van der Waals surface area contributed by atoms with Gasteiger partial charge in [0.05, 0.1) is 6.10 Å². The monoisotopic (exact) mass is 265 g/mol. The Labute approximate surface area is 110 Å². The minimum atomic E-state index is -1.11. The van der Waals surface area contributed by atoms with E-state index in [1.807, 2.05) is 0 Å². The third kappa shape index (κ3) is 2.68. The first-order valence-electron chi connectivity index (χ1n) is 5.87. The Morgan fingerprint density at radius 2 is 2.16 bits per heavy atom. The van der Waals surface area contributed by atoms with Gasteiger partial charge in [0, 0.05) is 13.5 Å². The van der Waals surface area contributed by atoms with E-state index in [1.54, 1.807) is 18.2 Å². The number of aromatic hydroxyl groups is 1. The summed E-state index contributed by atoms with van der Waals surface area (Å²) in [5.74, 6) is -1.38. The SMILES string of the molecule is CN1C(=O)COC(Cc2ccccc2O)C1C(=O)O. The van der Waals surface area contributed by atoms with Crippen molar-refractivity contribution in [2.45, 2.75) is 18.6 Å². The molecule has 1 fully saturated rings. The molecule has 1 amide bonds. The van der Waals surface area contributed by atoms with Gasteiger partial charge in [-0.15, -0.1) is 0 Å². The Bertz CT molecular complexity index is 502. The number of carboxylic acids is 1. The molecule has 1 aliphatic heterocycles. The number of carboxylic acid groups (broad SMARTS) is 1. The van der Waals surface area contributed by atoms with E-state index in [0.29, 0.717) is 5.56 Å². The zero-order valence-electron chi connectivity index (χ0n) is 10.4. The summed E-state index contributed by atoms with van der Waals surface area (Å²) in [5.41, 5.74) is 0.599. The Morgan fingerprint density at radius 1 is 1.47 bits per heavy atom. The molecule has 0 radical (unpaired) electrons. The van der Waals surface area contributed by atoms with Crippen molar-refractivity contribution in [1.82, 2.24) is 4.90 Å². The number of amides is 1. The topological polar surface area (TPSA) is 87.1 Å². The summed E-state index contributed by atoms with van der Waals surface area (Å²) in [6, 6.07) is 5.63. The van der Waals surface area contributed by atoms with Crippen LogP contribution < -0.4 is 0 Å². The molecule has 1 saturated heterocycles. The van der Waals surface area contributed by atoms with E-state index in [1.165, 1.54) is 18.0 Å². The molecule has 6 nitrogen and oxygen atoms in total. The maximum atomic E-state index is 11.5. The predicted molar refractivity (Wildman–Crippen MR) is 65.7 cm³/mol. The van der Waals surface area contributed by atoms with Crippen molar-refractivity contribution in [3.63, 3.8) is 0 Å². The second-order valence-corrected chi connectivity index (χ2v) is 4.47. The third-order valence-corrected chi connectivity index (χ3v) is 3.25. The summed E-state index contributed by atoms with van der Waals surface area (Å²) < 4.78 is 5.31. The number of benzene rings is 1. The highest BCUT2D eigenvalue weighted by molar-refractivity contribution is 5.85. The third-order valence-electron chi connectivity index (χ3n) is 3.25. The van der Waals surface area contributed by atoms with Crippen LogP contribution in [0.1, 0.15) is 5.56 Å². The van der Waals surface area contributed by atoms with Gasteiger partial charge >= 0.3 is 5.97 Å². The maximum Gasteiger partial charge on any atom is 0.329 e. The number of phenols is 1. The van der Waals surface area contributed by atoms with Gasteiger partial charge in [-0.05, 0) is 11.6 Å². The van der Waals surface area contributed by atoms with Gasteiger partial charge in [0.1, 0.15) is 12.4 Å². The van der Waals surface area contributed by atoms with Crippen LogP contribution in [0.3, 0.4) is 0 Å². The molecule has 0 saturated carbocycles. The van der Waals surface area contributed by atoms with Gasteiger partial charge in [-0.3, -0.25) is 4.79 Å². The highest BCUT2D eigenvalue weighted by atomic mass is 16.5. The zero-order valence-corrected chi connectivity index (χ0v) is 10.4. The number of aliphatic carboxylic acids is 1. The number of hydrogen-bond donors (Lipinski definition) is 2. The molecule has 2 unspecified atom stereocenters. The number of phenolic OH excluding ortho intramolecular Hbond substituents is 1. The van der Waals surface area contributed by atoms with Gasteiger partial charge in [0.15, 0.2) is 6.04 Å². The standard InChI is InChI=1S/C13H15NO5/c1-14-11(16)7-19-10(12(14)13(17)18)6-8-4-2-3-5-9(8)15/h2-5,10,12,15H,6-7H2,1H3,(H,17,18). The van der Waals surface area contributed by atoms with E-state index in [2.05, 4.69) is 0 Å². The first-order valence-corrected chi connectivity index (χ1v) is 5.87. The molecule has 0 spiro atoms. The second-order valence-electron chi connectivity index (χ2n) is 4.47. The molecule has 19 heavy (non-hydrogen) atoms. The lowest BCUT2D eigenvalue weighted by Gasteiger charge is -2.36. The van der Waals surface area contributed by atoms with Gasteiger partial charge in [-0.2, -0.15) is 0 Å². The van der Waals surface area contributed by atoms with Gasteiger partial charge < -0.3 is 19.8 Å². The lowest BCUT2D eigenvalue weighted by molar-refractivity contribution is -0.169. The fourth-order valence-corrected chi connectivity index (χ4v) is 2.17. The number of nitrogens with zero attached hydrogens (tertiary/aromatic N) is 1. The van der Waals surface area contributed by atoms with Gasteiger partial charge in [0.25, 0.3) is 0 Å². The van der Waals surface area contributed by atoms with Crippen LogP contribution in [0.15, 0.2) is 24.3 Å². The van der Waals surface area contributed by atoms with Crippen LogP contribution in [-0.4, -0.2) is 52.8 Å². The summed E-state index contributed by atoms with van der Waals surface area (Å²) in [7, 11) is 1.45. The molecule has 1 aromatic rings. The summed E-state index contributed by atoms with van der Waals surface area (Å²) in [6.07, 6.45) is -0.435. The fraction of sp³-hybridized carbons (Fsp3) is 0.385.